The van der Waals surface area contributed by atoms with Gasteiger partial charge in [0.1, 0.15) is 5.75 Å². The second-order valence-electron chi connectivity index (χ2n) is 4.70. The zero-order chi connectivity index (χ0) is 12.1. The Morgan fingerprint density at radius 2 is 2.24 bits per heavy atom. The predicted molar refractivity (Wildman–Crippen MR) is 68.5 cm³/mol. The first-order valence-electron chi connectivity index (χ1n) is 6.17. The molecule has 1 aliphatic rings. The first kappa shape index (κ1) is 12.4. The molecule has 1 N–H and O–H groups in total. The van der Waals surface area contributed by atoms with Crippen LogP contribution in [0.4, 0.5) is 0 Å². The number of benzene rings is 1. The average Bonchev–Trinajstić information content (AvgIpc) is 2.40. The topological polar surface area (TPSA) is 30.5 Å². The van der Waals surface area contributed by atoms with E-state index >= 15 is 0 Å². The number of piperidine rings is 1. The summed E-state index contributed by atoms with van der Waals surface area (Å²) in [5, 5.41) is 3.42. The molecule has 1 fully saturated rings. The molecule has 0 spiro atoms. The van der Waals surface area contributed by atoms with Crippen LogP contribution < -0.4 is 10.1 Å². The van der Waals surface area contributed by atoms with E-state index in [9.17, 15) is 0 Å². The minimum Gasteiger partial charge on any atom is -0.497 e. The van der Waals surface area contributed by atoms with Gasteiger partial charge in [-0.05, 0) is 37.1 Å². The van der Waals surface area contributed by atoms with Crippen molar-refractivity contribution in [1.29, 1.82) is 0 Å². The number of hydrogen-bond acceptors (Lipinski definition) is 3. The number of methoxy groups -OCH3 is 2. The zero-order valence-corrected chi connectivity index (χ0v) is 10.7. The van der Waals surface area contributed by atoms with Gasteiger partial charge < -0.3 is 14.8 Å². The molecule has 94 valence electrons. The van der Waals surface area contributed by atoms with Crippen molar-refractivity contribution in [1.82, 2.24) is 5.32 Å². The molecule has 0 amide bonds. The van der Waals surface area contributed by atoms with Crippen LogP contribution in [-0.4, -0.2) is 32.9 Å². The number of ether oxygens (including phenoxy) is 2. The van der Waals surface area contributed by atoms with Crippen molar-refractivity contribution in [3.8, 4) is 5.75 Å². The molecular weight excluding hydrogens is 214 g/mol. The molecule has 0 radical (unpaired) electrons. The highest BCUT2D eigenvalue weighted by atomic mass is 16.5. The maximum atomic E-state index is 5.75. The third kappa shape index (κ3) is 2.99. The van der Waals surface area contributed by atoms with E-state index in [0.717, 1.165) is 31.7 Å². The molecule has 1 aromatic carbocycles. The third-order valence-electron chi connectivity index (χ3n) is 3.53. The summed E-state index contributed by atoms with van der Waals surface area (Å²) in [6.07, 6.45) is 3.24. The molecular formula is C14H21NO2. The van der Waals surface area contributed by atoms with E-state index in [1.807, 2.05) is 19.2 Å². The molecule has 0 saturated carbocycles. The van der Waals surface area contributed by atoms with Crippen LogP contribution in [0, 0.1) is 0 Å². The van der Waals surface area contributed by atoms with Crippen molar-refractivity contribution in [3.05, 3.63) is 29.8 Å². The first-order valence-corrected chi connectivity index (χ1v) is 6.17. The fourth-order valence-corrected chi connectivity index (χ4v) is 2.49. The second kappa shape index (κ2) is 5.52. The smallest absolute Gasteiger partial charge is 0.119 e. The Labute approximate surface area is 103 Å². The van der Waals surface area contributed by atoms with Gasteiger partial charge in [-0.15, -0.1) is 0 Å². The summed E-state index contributed by atoms with van der Waals surface area (Å²) in [6, 6.07) is 8.24. The van der Waals surface area contributed by atoms with Crippen molar-refractivity contribution in [2.24, 2.45) is 0 Å². The van der Waals surface area contributed by atoms with Crippen molar-refractivity contribution in [2.45, 2.75) is 24.9 Å². The molecule has 3 heteroatoms. The largest absolute Gasteiger partial charge is 0.497 e. The van der Waals surface area contributed by atoms with Gasteiger partial charge in [0, 0.05) is 20.1 Å². The van der Waals surface area contributed by atoms with Crippen LogP contribution in [0.15, 0.2) is 24.3 Å². The van der Waals surface area contributed by atoms with E-state index in [2.05, 4.69) is 17.4 Å². The van der Waals surface area contributed by atoms with Gasteiger partial charge in [-0.25, -0.2) is 0 Å². The quantitative estimate of drug-likeness (QED) is 0.866. The highest BCUT2D eigenvalue weighted by molar-refractivity contribution is 5.29. The lowest BCUT2D eigenvalue weighted by Crippen LogP contribution is -2.48. The number of nitrogens with one attached hydrogen (secondary N) is 1. The van der Waals surface area contributed by atoms with E-state index in [0.29, 0.717) is 0 Å². The van der Waals surface area contributed by atoms with Crippen molar-refractivity contribution < 1.29 is 9.47 Å². The minimum atomic E-state index is -0.0510. The Morgan fingerprint density at radius 3 is 2.88 bits per heavy atom. The summed E-state index contributed by atoms with van der Waals surface area (Å²) in [5.41, 5.74) is 1.22. The van der Waals surface area contributed by atoms with Crippen LogP contribution in [0.5, 0.6) is 5.75 Å². The van der Waals surface area contributed by atoms with Crippen LogP contribution >= 0.6 is 0 Å². The maximum absolute atomic E-state index is 5.75. The average molecular weight is 235 g/mol. The Bertz CT molecular complexity index is 359. The summed E-state index contributed by atoms with van der Waals surface area (Å²) in [7, 11) is 3.51. The standard InChI is InChI=1S/C14H21NO2/c1-16-13-6-3-5-12(9-13)10-14(17-2)7-4-8-15-11-14/h3,5-6,9,15H,4,7-8,10-11H2,1-2H3. The zero-order valence-electron chi connectivity index (χ0n) is 10.7. The molecule has 1 saturated heterocycles. The Hall–Kier alpha value is -1.06. The summed E-state index contributed by atoms with van der Waals surface area (Å²) in [4.78, 5) is 0. The lowest BCUT2D eigenvalue weighted by molar-refractivity contribution is -0.0278. The van der Waals surface area contributed by atoms with E-state index in [-0.39, 0.29) is 5.60 Å². The first-order chi connectivity index (χ1) is 8.28. The second-order valence-corrected chi connectivity index (χ2v) is 4.70. The van der Waals surface area contributed by atoms with Crippen LogP contribution in [0.1, 0.15) is 18.4 Å². The molecule has 1 aliphatic heterocycles. The van der Waals surface area contributed by atoms with Gasteiger partial charge >= 0.3 is 0 Å². The number of rotatable bonds is 4. The Kier molecular flexibility index (Phi) is 4.02. The van der Waals surface area contributed by atoms with Gasteiger partial charge in [-0.1, -0.05) is 12.1 Å². The Morgan fingerprint density at radius 1 is 1.35 bits per heavy atom. The highest BCUT2D eigenvalue weighted by Crippen LogP contribution is 2.26. The van der Waals surface area contributed by atoms with Crippen LogP contribution in [-0.2, 0) is 11.2 Å². The molecule has 3 nitrogen and oxygen atoms in total. The third-order valence-corrected chi connectivity index (χ3v) is 3.53. The van der Waals surface area contributed by atoms with Gasteiger partial charge in [0.2, 0.25) is 0 Å². The highest BCUT2D eigenvalue weighted by Gasteiger charge is 2.31. The molecule has 2 rings (SSSR count). The monoisotopic (exact) mass is 235 g/mol. The van der Waals surface area contributed by atoms with Gasteiger partial charge in [0.05, 0.1) is 12.7 Å². The number of hydrogen-bond donors (Lipinski definition) is 1. The van der Waals surface area contributed by atoms with Gasteiger partial charge in [-0.3, -0.25) is 0 Å². The summed E-state index contributed by atoms with van der Waals surface area (Å²) < 4.78 is 11.0. The van der Waals surface area contributed by atoms with E-state index in [1.54, 1.807) is 7.11 Å². The molecule has 0 aliphatic carbocycles. The lowest BCUT2D eigenvalue weighted by Gasteiger charge is -2.36. The molecule has 1 aromatic rings. The maximum Gasteiger partial charge on any atom is 0.119 e. The molecule has 1 unspecified atom stereocenters. The Balaban J connectivity index is 2.11. The summed E-state index contributed by atoms with van der Waals surface area (Å²) in [6.45, 7) is 2.03. The van der Waals surface area contributed by atoms with Crippen molar-refractivity contribution in [3.63, 3.8) is 0 Å². The molecule has 17 heavy (non-hydrogen) atoms. The molecule has 1 heterocycles. The van der Waals surface area contributed by atoms with Crippen molar-refractivity contribution in [2.75, 3.05) is 27.3 Å². The minimum absolute atomic E-state index is 0.0510. The van der Waals surface area contributed by atoms with Gasteiger partial charge in [-0.2, -0.15) is 0 Å². The normalized spacial score (nSPS) is 24.6. The fraction of sp³-hybridized carbons (Fsp3) is 0.571. The van der Waals surface area contributed by atoms with E-state index < -0.39 is 0 Å². The van der Waals surface area contributed by atoms with E-state index in [1.165, 1.54) is 12.0 Å². The molecule has 0 bridgehead atoms. The lowest BCUT2D eigenvalue weighted by atomic mass is 9.87. The summed E-state index contributed by atoms with van der Waals surface area (Å²) >= 11 is 0. The van der Waals surface area contributed by atoms with Gasteiger partial charge in [0.15, 0.2) is 0 Å². The van der Waals surface area contributed by atoms with Gasteiger partial charge in [0.25, 0.3) is 0 Å². The van der Waals surface area contributed by atoms with Crippen LogP contribution in [0.2, 0.25) is 0 Å². The molecule has 1 atom stereocenters. The summed E-state index contributed by atoms with van der Waals surface area (Å²) in [5.74, 6) is 0.914. The van der Waals surface area contributed by atoms with Crippen LogP contribution in [0.25, 0.3) is 0 Å². The van der Waals surface area contributed by atoms with E-state index in [4.69, 9.17) is 9.47 Å². The SMILES string of the molecule is COc1cccc(CC2(OC)CCCNC2)c1. The fourth-order valence-electron chi connectivity index (χ4n) is 2.49. The van der Waals surface area contributed by atoms with Crippen molar-refractivity contribution >= 4 is 0 Å². The molecule has 0 aromatic heterocycles. The van der Waals surface area contributed by atoms with Crippen LogP contribution in [0.3, 0.4) is 0 Å². The predicted octanol–water partition coefficient (Wildman–Crippen LogP) is 2.01.